The standard InChI is InChI=1S/C11H11F3O2/c1-6(11(15)16-2)3-7-4-8(12)10(14)9(13)5-7/h4-6H,3H2,1-2H3. The molecule has 0 bridgehead atoms. The molecule has 0 N–H and O–H groups in total. The van der Waals surface area contributed by atoms with Gasteiger partial charge in [-0.15, -0.1) is 0 Å². The molecular formula is C11H11F3O2. The molecule has 0 aliphatic rings. The fourth-order valence-electron chi connectivity index (χ4n) is 1.36. The van der Waals surface area contributed by atoms with E-state index in [-0.39, 0.29) is 12.0 Å². The van der Waals surface area contributed by atoms with Crippen LogP contribution in [0.5, 0.6) is 0 Å². The van der Waals surface area contributed by atoms with E-state index in [1.165, 1.54) is 7.11 Å². The van der Waals surface area contributed by atoms with Crippen molar-refractivity contribution < 1.29 is 22.7 Å². The van der Waals surface area contributed by atoms with Crippen molar-refractivity contribution >= 4 is 5.97 Å². The molecule has 0 saturated carbocycles. The van der Waals surface area contributed by atoms with Gasteiger partial charge in [-0.2, -0.15) is 0 Å². The highest BCUT2D eigenvalue weighted by Crippen LogP contribution is 2.16. The second-order valence-corrected chi connectivity index (χ2v) is 3.50. The lowest BCUT2D eigenvalue weighted by Crippen LogP contribution is -2.15. The molecule has 0 aliphatic carbocycles. The van der Waals surface area contributed by atoms with Gasteiger partial charge in [-0.25, -0.2) is 13.2 Å². The van der Waals surface area contributed by atoms with Crippen LogP contribution in [0.4, 0.5) is 13.2 Å². The number of halogens is 3. The molecule has 1 atom stereocenters. The Hall–Kier alpha value is -1.52. The number of carbonyl (C=O) groups is 1. The minimum Gasteiger partial charge on any atom is -0.469 e. The Morgan fingerprint density at radius 2 is 1.81 bits per heavy atom. The molecule has 0 spiro atoms. The smallest absolute Gasteiger partial charge is 0.308 e. The Morgan fingerprint density at radius 1 is 1.31 bits per heavy atom. The normalized spacial score (nSPS) is 12.3. The molecule has 0 heterocycles. The Morgan fingerprint density at radius 3 is 2.25 bits per heavy atom. The van der Waals surface area contributed by atoms with Crippen molar-refractivity contribution in [3.8, 4) is 0 Å². The van der Waals surface area contributed by atoms with Crippen LogP contribution in [-0.4, -0.2) is 13.1 Å². The van der Waals surface area contributed by atoms with Crippen molar-refractivity contribution in [1.82, 2.24) is 0 Å². The van der Waals surface area contributed by atoms with Gasteiger partial charge < -0.3 is 4.74 Å². The maximum Gasteiger partial charge on any atom is 0.308 e. The fraction of sp³-hybridized carbons (Fsp3) is 0.364. The number of rotatable bonds is 3. The van der Waals surface area contributed by atoms with Gasteiger partial charge in [0.15, 0.2) is 17.5 Å². The van der Waals surface area contributed by atoms with Crippen molar-refractivity contribution in [2.24, 2.45) is 5.92 Å². The highest BCUT2D eigenvalue weighted by Gasteiger charge is 2.16. The van der Waals surface area contributed by atoms with E-state index in [9.17, 15) is 18.0 Å². The molecule has 0 fully saturated rings. The maximum atomic E-state index is 12.8. The van der Waals surface area contributed by atoms with E-state index in [1.807, 2.05) is 0 Å². The van der Waals surface area contributed by atoms with Gasteiger partial charge in [0.25, 0.3) is 0 Å². The SMILES string of the molecule is COC(=O)C(C)Cc1cc(F)c(F)c(F)c1. The van der Waals surface area contributed by atoms with E-state index >= 15 is 0 Å². The van der Waals surface area contributed by atoms with Crippen LogP contribution < -0.4 is 0 Å². The second-order valence-electron chi connectivity index (χ2n) is 3.50. The molecule has 5 heteroatoms. The predicted octanol–water partition coefficient (Wildman–Crippen LogP) is 2.46. The van der Waals surface area contributed by atoms with Gasteiger partial charge in [-0.1, -0.05) is 6.92 Å². The van der Waals surface area contributed by atoms with Crippen LogP contribution in [0, 0.1) is 23.4 Å². The summed E-state index contributed by atoms with van der Waals surface area (Å²) in [6.45, 7) is 1.56. The molecule has 1 unspecified atom stereocenters. The molecule has 1 aromatic rings. The predicted molar refractivity (Wildman–Crippen MR) is 51.2 cm³/mol. The highest BCUT2D eigenvalue weighted by molar-refractivity contribution is 5.72. The zero-order valence-corrected chi connectivity index (χ0v) is 8.89. The molecule has 0 aromatic heterocycles. The van der Waals surface area contributed by atoms with E-state index in [0.717, 1.165) is 12.1 Å². The van der Waals surface area contributed by atoms with E-state index in [0.29, 0.717) is 0 Å². The van der Waals surface area contributed by atoms with Crippen molar-refractivity contribution in [2.75, 3.05) is 7.11 Å². The van der Waals surface area contributed by atoms with Crippen LogP contribution >= 0.6 is 0 Å². The third-order valence-electron chi connectivity index (χ3n) is 2.19. The first-order valence-electron chi connectivity index (χ1n) is 4.67. The van der Waals surface area contributed by atoms with Crippen molar-refractivity contribution in [3.05, 3.63) is 35.1 Å². The van der Waals surface area contributed by atoms with Crippen LogP contribution in [-0.2, 0) is 16.0 Å². The zero-order valence-electron chi connectivity index (χ0n) is 8.89. The quantitative estimate of drug-likeness (QED) is 0.591. The van der Waals surface area contributed by atoms with Crippen LogP contribution in [0.3, 0.4) is 0 Å². The molecule has 16 heavy (non-hydrogen) atoms. The number of ether oxygens (including phenoxy) is 1. The zero-order chi connectivity index (χ0) is 12.3. The second kappa shape index (κ2) is 5.01. The lowest BCUT2D eigenvalue weighted by Gasteiger charge is -2.09. The summed E-state index contributed by atoms with van der Waals surface area (Å²) >= 11 is 0. The maximum absolute atomic E-state index is 12.8. The Balaban J connectivity index is 2.86. The lowest BCUT2D eigenvalue weighted by atomic mass is 10.0. The van der Waals surface area contributed by atoms with Gasteiger partial charge in [0.2, 0.25) is 0 Å². The average molecular weight is 232 g/mol. The minimum atomic E-state index is -1.51. The topological polar surface area (TPSA) is 26.3 Å². The van der Waals surface area contributed by atoms with Crippen LogP contribution in [0.15, 0.2) is 12.1 Å². The number of benzene rings is 1. The molecule has 1 aromatic carbocycles. The number of carbonyl (C=O) groups excluding carboxylic acids is 1. The number of esters is 1. The summed E-state index contributed by atoms with van der Waals surface area (Å²) in [6, 6.07) is 1.75. The van der Waals surface area contributed by atoms with E-state index in [4.69, 9.17) is 0 Å². The van der Waals surface area contributed by atoms with Gasteiger partial charge in [-0.3, -0.25) is 4.79 Å². The number of hydrogen-bond acceptors (Lipinski definition) is 2. The van der Waals surface area contributed by atoms with Crippen molar-refractivity contribution in [2.45, 2.75) is 13.3 Å². The Kier molecular flexibility index (Phi) is 3.93. The Bertz CT molecular complexity index is 381. The van der Waals surface area contributed by atoms with E-state index < -0.39 is 29.3 Å². The van der Waals surface area contributed by atoms with Gasteiger partial charge >= 0.3 is 5.97 Å². The van der Waals surface area contributed by atoms with E-state index in [1.54, 1.807) is 6.92 Å². The first-order chi connectivity index (χ1) is 7.45. The number of hydrogen-bond donors (Lipinski definition) is 0. The van der Waals surface area contributed by atoms with Crippen molar-refractivity contribution in [3.63, 3.8) is 0 Å². The highest BCUT2D eigenvalue weighted by atomic mass is 19.2. The molecule has 88 valence electrons. The Labute approximate surface area is 91.0 Å². The first-order valence-corrected chi connectivity index (χ1v) is 4.67. The molecule has 0 aliphatic heterocycles. The summed E-state index contributed by atoms with van der Waals surface area (Å²) in [4.78, 5) is 11.1. The summed E-state index contributed by atoms with van der Waals surface area (Å²) < 4.78 is 42.8. The molecule has 0 saturated heterocycles. The molecule has 0 amide bonds. The van der Waals surface area contributed by atoms with Crippen LogP contribution in [0.2, 0.25) is 0 Å². The third-order valence-corrected chi connectivity index (χ3v) is 2.19. The minimum absolute atomic E-state index is 0.0980. The molecular weight excluding hydrogens is 221 g/mol. The lowest BCUT2D eigenvalue weighted by molar-refractivity contribution is -0.144. The van der Waals surface area contributed by atoms with Gasteiger partial charge in [0.05, 0.1) is 13.0 Å². The molecule has 1 rings (SSSR count). The third kappa shape index (κ3) is 2.74. The van der Waals surface area contributed by atoms with E-state index in [2.05, 4.69) is 4.74 Å². The summed E-state index contributed by atoms with van der Waals surface area (Å²) in [7, 11) is 1.23. The molecule has 0 radical (unpaired) electrons. The van der Waals surface area contributed by atoms with Gasteiger partial charge in [-0.05, 0) is 24.1 Å². The van der Waals surface area contributed by atoms with Crippen LogP contribution in [0.1, 0.15) is 12.5 Å². The van der Waals surface area contributed by atoms with Gasteiger partial charge in [0.1, 0.15) is 0 Å². The summed E-state index contributed by atoms with van der Waals surface area (Å²) in [5.41, 5.74) is 0.217. The largest absolute Gasteiger partial charge is 0.469 e. The summed E-state index contributed by atoms with van der Waals surface area (Å²) in [5.74, 6) is -5.03. The van der Waals surface area contributed by atoms with Gasteiger partial charge in [0, 0.05) is 0 Å². The summed E-state index contributed by atoms with van der Waals surface area (Å²) in [5, 5.41) is 0. The molecule has 2 nitrogen and oxygen atoms in total. The first kappa shape index (κ1) is 12.5. The summed E-state index contributed by atoms with van der Waals surface area (Å²) in [6.07, 6.45) is 0.0980. The number of methoxy groups -OCH3 is 1. The van der Waals surface area contributed by atoms with Crippen LogP contribution in [0.25, 0.3) is 0 Å². The fourth-order valence-corrected chi connectivity index (χ4v) is 1.36. The average Bonchev–Trinajstić information content (AvgIpc) is 2.24. The monoisotopic (exact) mass is 232 g/mol. The van der Waals surface area contributed by atoms with Crippen molar-refractivity contribution in [1.29, 1.82) is 0 Å².